The van der Waals surface area contributed by atoms with Crippen molar-refractivity contribution in [2.24, 2.45) is 5.73 Å². The first-order valence-electron chi connectivity index (χ1n) is 3.81. The lowest BCUT2D eigenvalue weighted by Gasteiger charge is -2.10. The molecule has 0 atom stereocenters. The maximum atomic E-state index is 12.5. The molecule has 0 saturated carbocycles. The summed E-state index contributed by atoms with van der Waals surface area (Å²) in [7, 11) is 1.29. The third-order valence-electron chi connectivity index (χ3n) is 1.67. The van der Waals surface area contributed by atoms with Crippen LogP contribution < -0.4 is 10.5 Å². The van der Waals surface area contributed by atoms with Crippen LogP contribution in [-0.2, 0) is 6.54 Å². The van der Waals surface area contributed by atoms with Crippen LogP contribution in [0.3, 0.4) is 0 Å². The number of methoxy groups -OCH3 is 1. The number of halogens is 3. The van der Waals surface area contributed by atoms with Crippen LogP contribution in [0, 0.1) is 0 Å². The van der Waals surface area contributed by atoms with Crippen molar-refractivity contribution in [3.8, 4) is 5.75 Å². The average molecular weight is 223 g/mol. The molecule has 0 unspecified atom stereocenters. The van der Waals surface area contributed by atoms with E-state index >= 15 is 0 Å². The van der Waals surface area contributed by atoms with Crippen LogP contribution in [0.1, 0.15) is 17.7 Å². The third kappa shape index (κ3) is 2.10. The van der Waals surface area contributed by atoms with E-state index in [0.29, 0.717) is 5.69 Å². The zero-order valence-corrected chi connectivity index (χ0v) is 8.18. The Morgan fingerprint density at radius 1 is 1.64 bits per heavy atom. The van der Waals surface area contributed by atoms with E-state index in [1.54, 1.807) is 0 Å². The highest BCUT2D eigenvalue weighted by Gasteiger charge is 2.20. The molecule has 0 amide bonds. The molecule has 0 aliphatic rings. The molecule has 2 N–H and O–H groups in total. The molecular formula is C8H9ClF2N2O. The van der Waals surface area contributed by atoms with E-state index in [9.17, 15) is 8.78 Å². The van der Waals surface area contributed by atoms with Crippen molar-refractivity contribution in [1.82, 2.24) is 4.98 Å². The molecule has 1 aromatic heterocycles. The van der Waals surface area contributed by atoms with Gasteiger partial charge >= 0.3 is 0 Å². The lowest BCUT2D eigenvalue weighted by molar-refractivity contribution is 0.146. The van der Waals surface area contributed by atoms with Gasteiger partial charge in [-0.05, 0) is 0 Å². The summed E-state index contributed by atoms with van der Waals surface area (Å²) in [6.45, 7) is 0.125. The molecule has 3 nitrogen and oxygen atoms in total. The van der Waals surface area contributed by atoms with Gasteiger partial charge in [0.05, 0.1) is 18.4 Å². The standard InChI is InChI=1S/C8H9ClF2N2O/c1-14-5-2-4(3-12)13-7(9)6(5)8(10)11/h2,8H,3,12H2,1H3. The van der Waals surface area contributed by atoms with Crippen LogP contribution in [0.4, 0.5) is 8.78 Å². The molecule has 14 heavy (non-hydrogen) atoms. The molecule has 78 valence electrons. The Balaban J connectivity index is 3.27. The maximum absolute atomic E-state index is 12.5. The summed E-state index contributed by atoms with van der Waals surface area (Å²) in [6.07, 6.45) is -2.71. The minimum atomic E-state index is -2.71. The van der Waals surface area contributed by atoms with Crippen LogP contribution in [-0.4, -0.2) is 12.1 Å². The second kappa shape index (κ2) is 4.52. The lowest BCUT2D eigenvalue weighted by atomic mass is 10.2. The number of rotatable bonds is 3. The van der Waals surface area contributed by atoms with Gasteiger partial charge in [-0.25, -0.2) is 13.8 Å². The second-order valence-corrected chi connectivity index (χ2v) is 2.88. The van der Waals surface area contributed by atoms with E-state index < -0.39 is 12.0 Å². The highest BCUT2D eigenvalue weighted by Crippen LogP contribution is 2.34. The largest absolute Gasteiger partial charge is 0.496 e. The topological polar surface area (TPSA) is 48.1 Å². The molecule has 0 aliphatic carbocycles. The summed E-state index contributed by atoms with van der Waals surface area (Å²) in [6, 6.07) is 1.35. The van der Waals surface area contributed by atoms with E-state index in [0.717, 1.165) is 0 Å². The first-order valence-corrected chi connectivity index (χ1v) is 4.19. The molecule has 1 aromatic rings. The molecule has 0 bridgehead atoms. The van der Waals surface area contributed by atoms with Crippen LogP contribution in [0.25, 0.3) is 0 Å². The highest BCUT2D eigenvalue weighted by molar-refractivity contribution is 6.30. The normalized spacial score (nSPS) is 10.7. The van der Waals surface area contributed by atoms with Gasteiger partial charge in [0.15, 0.2) is 0 Å². The SMILES string of the molecule is COc1cc(CN)nc(Cl)c1C(F)F. The van der Waals surface area contributed by atoms with Gasteiger partial charge in [-0.1, -0.05) is 11.6 Å². The zero-order valence-electron chi connectivity index (χ0n) is 7.43. The van der Waals surface area contributed by atoms with Crippen molar-refractivity contribution in [1.29, 1.82) is 0 Å². The van der Waals surface area contributed by atoms with Crippen molar-refractivity contribution in [2.75, 3.05) is 7.11 Å². The molecule has 1 heterocycles. The van der Waals surface area contributed by atoms with Crippen molar-refractivity contribution >= 4 is 11.6 Å². The van der Waals surface area contributed by atoms with Crippen LogP contribution in [0.15, 0.2) is 6.07 Å². The summed E-state index contributed by atoms with van der Waals surface area (Å²) in [5.74, 6) is 0.0143. The van der Waals surface area contributed by atoms with Gasteiger partial charge in [-0.2, -0.15) is 0 Å². The average Bonchev–Trinajstić information content (AvgIpc) is 2.15. The summed E-state index contributed by atoms with van der Waals surface area (Å²) in [5, 5.41) is -0.264. The number of nitrogens with two attached hydrogens (primary N) is 1. The molecule has 0 saturated heterocycles. The minimum absolute atomic E-state index is 0.0143. The molecule has 0 fully saturated rings. The summed E-state index contributed by atoms with van der Waals surface area (Å²) < 4.78 is 29.7. The Morgan fingerprint density at radius 2 is 2.29 bits per heavy atom. The Hall–Kier alpha value is -0.940. The third-order valence-corrected chi connectivity index (χ3v) is 1.96. The highest BCUT2D eigenvalue weighted by atomic mass is 35.5. The van der Waals surface area contributed by atoms with Crippen LogP contribution in [0.5, 0.6) is 5.75 Å². The minimum Gasteiger partial charge on any atom is -0.496 e. The lowest BCUT2D eigenvalue weighted by Crippen LogP contribution is -2.04. The van der Waals surface area contributed by atoms with Crippen LogP contribution in [0.2, 0.25) is 5.15 Å². The van der Waals surface area contributed by atoms with Crippen molar-refractivity contribution < 1.29 is 13.5 Å². The number of nitrogens with zero attached hydrogens (tertiary/aromatic N) is 1. The van der Waals surface area contributed by atoms with Gasteiger partial charge in [-0.15, -0.1) is 0 Å². The van der Waals surface area contributed by atoms with Gasteiger partial charge in [0, 0.05) is 12.6 Å². The van der Waals surface area contributed by atoms with Crippen LogP contribution >= 0.6 is 11.6 Å². The van der Waals surface area contributed by atoms with E-state index in [4.69, 9.17) is 22.1 Å². The Bertz CT molecular complexity index is 333. The van der Waals surface area contributed by atoms with Crippen molar-refractivity contribution in [3.63, 3.8) is 0 Å². The number of hydrogen-bond donors (Lipinski definition) is 1. The Morgan fingerprint density at radius 3 is 2.71 bits per heavy atom. The maximum Gasteiger partial charge on any atom is 0.270 e. The van der Waals surface area contributed by atoms with Crippen molar-refractivity contribution in [3.05, 3.63) is 22.5 Å². The van der Waals surface area contributed by atoms with Gasteiger partial charge in [-0.3, -0.25) is 0 Å². The number of aromatic nitrogens is 1. The number of alkyl halides is 2. The molecule has 1 rings (SSSR count). The summed E-state index contributed by atoms with van der Waals surface area (Å²) >= 11 is 5.56. The Kier molecular flexibility index (Phi) is 3.60. The number of pyridine rings is 1. The molecule has 0 aromatic carbocycles. The molecule has 0 aliphatic heterocycles. The number of ether oxygens (including phenoxy) is 1. The summed E-state index contributed by atoms with van der Waals surface area (Å²) in [5.41, 5.74) is 5.32. The fraction of sp³-hybridized carbons (Fsp3) is 0.375. The molecule has 0 spiro atoms. The van der Waals surface area contributed by atoms with E-state index in [-0.39, 0.29) is 17.4 Å². The van der Waals surface area contributed by atoms with E-state index in [2.05, 4.69) is 4.98 Å². The van der Waals surface area contributed by atoms with Gasteiger partial charge in [0.2, 0.25) is 0 Å². The second-order valence-electron chi connectivity index (χ2n) is 2.53. The first kappa shape index (κ1) is 11.1. The molecule has 6 heteroatoms. The van der Waals surface area contributed by atoms with E-state index in [1.807, 2.05) is 0 Å². The predicted octanol–water partition coefficient (Wildman–Crippen LogP) is 2.14. The summed E-state index contributed by atoms with van der Waals surface area (Å²) in [4.78, 5) is 3.70. The van der Waals surface area contributed by atoms with Gasteiger partial charge in [0.1, 0.15) is 10.9 Å². The first-order chi connectivity index (χ1) is 6.60. The van der Waals surface area contributed by atoms with E-state index in [1.165, 1.54) is 13.2 Å². The molecular weight excluding hydrogens is 214 g/mol. The van der Waals surface area contributed by atoms with Crippen molar-refractivity contribution in [2.45, 2.75) is 13.0 Å². The van der Waals surface area contributed by atoms with Gasteiger partial charge in [0.25, 0.3) is 6.43 Å². The number of hydrogen-bond acceptors (Lipinski definition) is 3. The Labute approximate surface area is 84.8 Å². The van der Waals surface area contributed by atoms with Gasteiger partial charge < -0.3 is 10.5 Å². The monoisotopic (exact) mass is 222 g/mol. The zero-order chi connectivity index (χ0) is 10.7. The smallest absolute Gasteiger partial charge is 0.270 e. The fourth-order valence-electron chi connectivity index (χ4n) is 1.02. The predicted molar refractivity (Wildman–Crippen MR) is 48.6 cm³/mol. The fourth-order valence-corrected chi connectivity index (χ4v) is 1.30. The molecule has 0 radical (unpaired) electrons. The quantitative estimate of drug-likeness (QED) is 0.798.